The SMILES string of the molecule is C=CC(=O)N1CCN(C2C3CC[C@@]4(CCc5ccccc5C4C)C(=O)C3NC(OCC3CCCN3C)N2C2CCCCCC2)CC1CC#N. The first-order valence-electron chi connectivity index (χ1n) is 19.4. The molecular formula is C40H58N6O3. The smallest absolute Gasteiger partial charge is 0.246 e. The number of piperazine rings is 1. The van der Waals surface area contributed by atoms with Crippen LogP contribution in [0, 0.1) is 22.7 Å². The van der Waals surface area contributed by atoms with Gasteiger partial charge in [-0.05, 0) is 88.1 Å². The number of likely N-dealkylation sites (N-methyl/N-ethyl adjacent to an activating group) is 1. The van der Waals surface area contributed by atoms with Crippen molar-refractivity contribution in [2.75, 3.05) is 39.8 Å². The average Bonchev–Trinajstić information content (AvgIpc) is 3.35. The van der Waals surface area contributed by atoms with Crippen LogP contribution in [0.5, 0.6) is 0 Å². The fourth-order valence-electron chi connectivity index (χ4n) is 10.8. The molecule has 3 saturated heterocycles. The summed E-state index contributed by atoms with van der Waals surface area (Å²) in [5, 5.41) is 13.8. The molecule has 7 rings (SSSR count). The summed E-state index contributed by atoms with van der Waals surface area (Å²) < 4.78 is 7.04. The third kappa shape index (κ3) is 6.53. The zero-order valence-electron chi connectivity index (χ0n) is 29.9. The predicted molar refractivity (Wildman–Crippen MR) is 190 cm³/mol. The van der Waals surface area contributed by atoms with Gasteiger partial charge in [-0.3, -0.25) is 19.8 Å². The monoisotopic (exact) mass is 670 g/mol. The number of ether oxygens (including phenoxy) is 1. The number of carbonyl (C=O) groups is 2. The molecule has 8 atom stereocenters. The van der Waals surface area contributed by atoms with Gasteiger partial charge in [-0.15, -0.1) is 0 Å². The molecule has 49 heavy (non-hydrogen) atoms. The number of nitrogens with one attached hydrogen (secondary N) is 1. The van der Waals surface area contributed by atoms with E-state index in [0.29, 0.717) is 44.1 Å². The predicted octanol–water partition coefficient (Wildman–Crippen LogP) is 5.03. The standard InChI is InChI=1S/C40H58N6O3/c1-4-35(47)45-25-24-44(26-31(45)19-22-41)38-34-18-21-40(20-17-29-12-9-10-16-33(29)28(40)2)37(48)36(34)42-39(49-27-32-15-11-23-43(32)3)46(38)30-13-7-5-6-8-14-30/h4,9-10,12,16,28,30-32,34,36,38-39,42H,1,5-8,11,13-15,17-21,23-27H2,2-3H3/t28?,31?,32?,34?,36?,38?,39?,40-/m1/s1. The Labute approximate surface area is 294 Å². The van der Waals surface area contributed by atoms with Crippen LogP contribution in [0.4, 0.5) is 0 Å². The molecule has 7 unspecified atom stereocenters. The summed E-state index contributed by atoms with van der Waals surface area (Å²) in [6.07, 6.45) is 14.5. The lowest BCUT2D eigenvalue weighted by atomic mass is 9.54. The molecule has 3 aliphatic heterocycles. The number of benzene rings is 1. The minimum absolute atomic E-state index is 0.00434. The number of aryl methyl sites for hydroxylation is 1. The number of hydrogen-bond acceptors (Lipinski definition) is 8. The summed E-state index contributed by atoms with van der Waals surface area (Å²) in [7, 11) is 2.20. The number of nitrogens with zero attached hydrogens (tertiary/aromatic N) is 5. The molecule has 5 fully saturated rings. The van der Waals surface area contributed by atoms with Gasteiger partial charge in [-0.25, -0.2) is 4.90 Å². The zero-order chi connectivity index (χ0) is 34.1. The molecular weight excluding hydrogens is 612 g/mol. The lowest BCUT2D eigenvalue weighted by Gasteiger charge is -2.61. The Morgan fingerprint density at radius 2 is 1.86 bits per heavy atom. The number of rotatable bonds is 7. The number of ketones is 1. The van der Waals surface area contributed by atoms with E-state index in [1.165, 1.54) is 49.3 Å². The van der Waals surface area contributed by atoms with E-state index in [-0.39, 0.29) is 54.2 Å². The van der Waals surface area contributed by atoms with Crippen molar-refractivity contribution in [2.45, 2.75) is 133 Å². The first-order valence-corrected chi connectivity index (χ1v) is 19.4. The highest BCUT2D eigenvalue weighted by molar-refractivity contribution is 5.92. The number of amides is 1. The van der Waals surface area contributed by atoms with E-state index in [1.54, 1.807) is 0 Å². The second-order valence-electron chi connectivity index (χ2n) is 16.0. The molecule has 1 aromatic rings. The van der Waals surface area contributed by atoms with Crippen LogP contribution in [0.1, 0.15) is 101 Å². The molecule has 1 aromatic carbocycles. The minimum atomic E-state index is -0.383. The van der Waals surface area contributed by atoms with Crippen molar-refractivity contribution < 1.29 is 14.3 Å². The Bertz CT molecular complexity index is 1400. The number of nitriles is 1. The Morgan fingerprint density at radius 3 is 2.59 bits per heavy atom. The highest BCUT2D eigenvalue weighted by atomic mass is 16.5. The van der Waals surface area contributed by atoms with Crippen LogP contribution in [-0.4, -0.2) is 108 Å². The Balaban J connectivity index is 1.26. The van der Waals surface area contributed by atoms with Crippen molar-refractivity contribution in [1.29, 1.82) is 5.26 Å². The van der Waals surface area contributed by atoms with Gasteiger partial charge in [0.1, 0.15) is 0 Å². The summed E-state index contributed by atoms with van der Waals surface area (Å²) in [4.78, 5) is 37.6. The van der Waals surface area contributed by atoms with Crippen LogP contribution >= 0.6 is 0 Å². The minimum Gasteiger partial charge on any atom is -0.348 e. The maximum absolute atomic E-state index is 15.3. The summed E-state index contributed by atoms with van der Waals surface area (Å²) in [6.45, 7) is 9.67. The molecule has 1 amide bonds. The quantitative estimate of drug-likeness (QED) is 0.319. The topological polar surface area (TPSA) is 92.2 Å². The van der Waals surface area contributed by atoms with E-state index >= 15 is 4.79 Å². The molecule has 0 radical (unpaired) electrons. The maximum atomic E-state index is 15.3. The van der Waals surface area contributed by atoms with Gasteiger partial charge < -0.3 is 14.5 Å². The molecule has 0 aromatic heterocycles. The highest BCUT2D eigenvalue weighted by Gasteiger charge is 2.59. The van der Waals surface area contributed by atoms with Gasteiger partial charge in [0, 0.05) is 43.1 Å². The summed E-state index contributed by atoms with van der Waals surface area (Å²) in [5.74, 6) is 0.541. The van der Waals surface area contributed by atoms with Gasteiger partial charge >= 0.3 is 0 Å². The van der Waals surface area contributed by atoms with E-state index in [9.17, 15) is 10.1 Å². The van der Waals surface area contributed by atoms with Crippen molar-refractivity contribution in [3.05, 3.63) is 48.0 Å². The van der Waals surface area contributed by atoms with E-state index in [1.807, 2.05) is 4.90 Å². The summed E-state index contributed by atoms with van der Waals surface area (Å²) >= 11 is 0. The van der Waals surface area contributed by atoms with Crippen LogP contribution < -0.4 is 5.32 Å². The first kappa shape index (κ1) is 34.8. The van der Waals surface area contributed by atoms with Gasteiger partial charge in [0.15, 0.2) is 12.1 Å². The van der Waals surface area contributed by atoms with Gasteiger partial charge in [0.25, 0.3) is 0 Å². The normalized spacial score (nSPS) is 36.6. The fraction of sp³-hybridized carbons (Fsp3) is 0.725. The number of likely N-dealkylation sites (tertiary alicyclic amines) is 1. The third-order valence-corrected chi connectivity index (χ3v) is 13.6. The summed E-state index contributed by atoms with van der Waals surface area (Å²) in [6, 6.07) is 11.3. The summed E-state index contributed by atoms with van der Waals surface area (Å²) in [5.41, 5.74) is 2.35. The van der Waals surface area contributed by atoms with E-state index < -0.39 is 0 Å². The number of hydrogen-bond donors (Lipinski definition) is 1. The van der Waals surface area contributed by atoms with E-state index in [0.717, 1.165) is 51.5 Å². The molecule has 0 bridgehead atoms. The average molecular weight is 671 g/mol. The molecule has 6 aliphatic rings. The Hall–Kier alpha value is -2.61. The lowest BCUT2D eigenvalue weighted by molar-refractivity contribution is -0.217. The molecule has 266 valence electrons. The van der Waals surface area contributed by atoms with Crippen LogP contribution in [0.2, 0.25) is 0 Å². The van der Waals surface area contributed by atoms with E-state index in [4.69, 9.17) is 4.74 Å². The highest BCUT2D eigenvalue weighted by Crippen LogP contribution is 2.55. The molecule has 9 heteroatoms. The van der Waals surface area contributed by atoms with Crippen LogP contribution in [-0.2, 0) is 20.7 Å². The maximum Gasteiger partial charge on any atom is 0.246 e. The van der Waals surface area contributed by atoms with E-state index in [2.05, 4.69) is 70.9 Å². The van der Waals surface area contributed by atoms with Crippen LogP contribution in [0.3, 0.4) is 0 Å². The van der Waals surface area contributed by atoms with Crippen LogP contribution in [0.25, 0.3) is 0 Å². The fourth-order valence-corrected chi connectivity index (χ4v) is 10.8. The number of Topliss-reactive ketones (excluding diaryl/α,β-unsaturated/α-hetero) is 1. The van der Waals surface area contributed by atoms with Crippen molar-refractivity contribution >= 4 is 11.7 Å². The largest absolute Gasteiger partial charge is 0.348 e. The van der Waals surface area contributed by atoms with Gasteiger partial charge in [0.2, 0.25) is 5.91 Å². The second-order valence-corrected chi connectivity index (χ2v) is 16.0. The van der Waals surface area contributed by atoms with Gasteiger partial charge in [-0.2, -0.15) is 5.26 Å². The zero-order valence-corrected chi connectivity index (χ0v) is 29.9. The molecule has 9 nitrogen and oxygen atoms in total. The van der Waals surface area contributed by atoms with Gasteiger partial charge in [-0.1, -0.05) is 63.5 Å². The van der Waals surface area contributed by atoms with Gasteiger partial charge in [0.05, 0.1) is 37.3 Å². The number of carbonyl (C=O) groups excluding carboxylic acids is 2. The lowest BCUT2D eigenvalue weighted by Crippen LogP contribution is -2.77. The molecule has 3 heterocycles. The number of fused-ring (bicyclic) bond motifs is 2. The molecule has 3 aliphatic carbocycles. The molecule has 2 saturated carbocycles. The Morgan fingerprint density at radius 1 is 1.06 bits per heavy atom. The van der Waals surface area contributed by atoms with Crippen molar-refractivity contribution in [3.8, 4) is 6.07 Å². The molecule has 1 spiro atoms. The molecule has 1 N–H and O–H groups in total. The first-order chi connectivity index (χ1) is 23.9. The van der Waals surface area contributed by atoms with Crippen molar-refractivity contribution in [1.82, 2.24) is 24.9 Å². The van der Waals surface area contributed by atoms with Crippen LogP contribution in [0.15, 0.2) is 36.9 Å². The van der Waals surface area contributed by atoms with Crippen molar-refractivity contribution in [3.63, 3.8) is 0 Å². The van der Waals surface area contributed by atoms with Crippen molar-refractivity contribution in [2.24, 2.45) is 11.3 Å². The Kier molecular flexibility index (Phi) is 10.6. The second kappa shape index (κ2) is 14.9. The third-order valence-electron chi connectivity index (χ3n) is 13.6.